The van der Waals surface area contributed by atoms with Crippen LogP contribution >= 0.6 is 0 Å². The van der Waals surface area contributed by atoms with Crippen molar-refractivity contribution < 1.29 is 9.53 Å². The molecule has 3 aromatic rings. The van der Waals surface area contributed by atoms with E-state index in [0.29, 0.717) is 17.5 Å². The molecule has 1 amide bonds. The first-order chi connectivity index (χ1) is 12.2. The largest absolute Gasteiger partial charge is 0.479 e. The predicted octanol–water partition coefficient (Wildman–Crippen LogP) is 3.51. The summed E-state index contributed by atoms with van der Waals surface area (Å²) >= 11 is 0. The summed E-state index contributed by atoms with van der Waals surface area (Å²) in [5, 5.41) is 12.9. The Labute approximate surface area is 146 Å². The van der Waals surface area contributed by atoms with E-state index in [1.54, 1.807) is 13.3 Å². The van der Waals surface area contributed by atoms with Crippen LogP contribution in [0.3, 0.4) is 0 Å². The average Bonchev–Trinajstić information content (AvgIpc) is 3.45. The standard InChI is InChI=1S/C20H19N3O2/c1-12-3-4-14(19(24)22-16-6-7-16)10-18(12)13-5-8-17-15(9-13)11-21-23-20(17)25-2/h3-5,8-11,16H,6-7H2,1-2H3,(H,22,24). The summed E-state index contributed by atoms with van der Waals surface area (Å²) < 4.78 is 5.26. The number of hydrogen-bond donors (Lipinski definition) is 1. The SMILES string of the molecule is COc1nncc2cc(-c3cc(C(=O)NC4CC4)ccc3C)ccc12. The summed E-state index contributed by atoms with van der Waals surface area (Å²) in [5.74, 6) is 0.510. The number of nitrogens with zero attached hydrogens (tertiary/aromatic N) is 2. The Bertz CT molecular complexity index is 964. The first kappa shape index (κ1) is 15.6. The maximum Gasteiger partial charge on any atom is 0.251 e. The molecule has 1 heterocycles. The van der Waals surface area contributed by atoms with Crippen molar-refractivity contribution in [1.29, 1.82) is 0 Å². The Morgan fingerprint density at radius 1 is 1.20 bits per heavy atom. The molecule has 2 aromatic carbocycles. The number of nitrogens with one attached hydrogen (secondary N) is 1. The van der Waals surface area contributed by atoms with Gasteiger partial charge in [-0.2, -0.15) is 5.10 Å². The topological polar surface area (TPSA) is 64.1 Å². The van der Waals surface area contributed by atoms with E-state index < -0.39 is 0 Å². The molecule has 1 aliphatic carbocycles. The normalized spacial score (nSPS) is 13.7. The van der Waals surface area contributed by atoms with Gasteiger partial charge in [0, 0.05) is 22.4 Å². The van der Waals surface area contributed by atoms with Crippen LogP contribution in [0.5, 0.6) is 5.88 Å². The lowest BCUT2D eigenvalue weighted by molar-refractivity contribution is 0.0951. The number of rotatable bonds is 4. The minimum absolute atomic E-state index is 0.00271. The van der Waals surface area contributed by atoms with Gasteiger partial charge in [0.2, 0.25) is 5.88 Å². The first-order valence-electron chi connectivity index (χ1n) is 8.37. The van der Waals surface area contributed by atoms with Crippen LogP contribution < -0.4 is 10.1 Å². The van der Waals surface area contributed by atoms with E-state index in [2.05, 4.69) is 21.6 Å². The Balaban J connectivity index is 1.75. The number of carbonyl (C=O) groups is 1. The molecule has 25 heavy (non-hydrogen) atoms. The predicted molar refractivity (Wildman–Crippen MR) is 96.8 cm³/mol. The van der Waals surface area contributed by atoms with Crippen LogP contribution in [0, 0.1) is 6.92 Å². The van der Waals surface area contributed by atoms with Crippen molar-refractivity contribution in [1.82, 2.24) is 15.5 Å². The number of ether oxygens (including phenoxy) is 1. The number of hydrogen-bond acceptors (Lipinski definition) is 4. The second-order valence-corrected chi connectivity index (χ2v) is 6.43. The maximum atomic E-state index is 12.3. The second-order valence-electron chi connectivity index (χ2n) is 6.43. The number of aromatic nitrogens is 2. The van der Waals surface area contributed by atoms with Crippen molar-refractivity contribution in [3.05, 3.63) is 53.7 Å². The molecular formula is C20H19N3O2. The smallest absolute Gasteiger partial charge is 0.251 e. The van der Waals surface area contributed by atoms with Crippen LogP contribution in [0.1, 0.15) is 28.8 Å². The van der Waals surface area contributed by atoms with Gasteiger partial charge < -0.3 is 10.1 Å². The molecule has 1 aliphatic rings. The van der Waals surface area contributed by atoms with Crippen molar-refractivity contribution in [2.45, 2.75) is 25.8 Å². The van der Waals surface area contributed by atoms with Gasteiger partial charge in [0.25, 0.3) is 5.91 Å². The fraction of sp³-hybridized carbons (Fsp3) is 0.250. The van der Waals surface area contributed by atoms with Crippen molar-refractivity contribution in [3.63, 3.8) is 0 Å². The second kappa shape index (κ2) is 6.16. The Kier molecular flexibility index (Phi) is 3.84. The third-order valence-electron chi connectivity index (χ3n) is 4.54. The Morgan fingerprint density at radius 3 is 2.80 bits per heavy atom. The highest BCUT2D eigenvalue weighted by molar-refractivity contribution is 5.97. The van der Waals surface area contributed by atoms with Crippen LogP contribution in [0.15, 0.2) is 42.6 Å². The molecule has 126 valence electrons. The minimum Gasteiger partial charge on any atom is -0.479 e. The monoisotopic (exact) mass is 333 g/mol. The van der Waals surface area contributed by atoms with E-state index in [9.17, 15) is 4.79 Å². The molecule has 4 rings (SSSR count). The quantitative estimate of drug-likeness (QED) is 0.793. The zero-order chi connectivity index (χ0) is 17.4. The van der Waals surface area contributed by atoms with Crippen molar-refractivity contribution >= 4 is 16.7 Å². The molecule has 0 saturated heterocycles. The molecule has 0 unspecified atom stereocenters. The fourth-order valence-corrected chi connectivity index (χ4v) is 2.95. The highest BCUT2D eigenvalue weighted by Crippen LogP contribution is 2.30. The van der Waals surface area contributed by atoms with E-state index in [-0.39, 0.29) is 5.91 Å². The van der Waals surface area contributed by atoms with Gasteiger partial charge in [0.05, 0.1) is 13.3 Å². The van der Waals surface area contributed by atoms with Gasteiger partial charge in [-0.15, -0.1) is 5.10 Å². The summed E-state index contributed by atoms with van der Waals surface area (Å²) in [6.45, 7) is 2.05. The van der Waals surface area contributed by atoms with Crippen molar-refractivity contribution in [2.75, 3.05) is 7.11 Å². The number of benzene rings is 2. The van der Waals surface area contributed by atoms with Gasteiger partial charge in [0.15, 0.2) is 0 Å². The molecule has 0 aliphatic heterocycles. The average molecular weight is 333 g/mol. The fourth-order valence-electron chi connectivity index (χ4n) is 2.95. The summed E-state index contributed by atoms with van der Waals surface area (Å²) in [5.41, 5.74) is 3.90. The van der Waals surface area contributed by atoms with E-state index in [1.165, 1.54) is 0 Å². The van der Waals surface area contributed by atoms with Gasteiger partial charge in [0.1, 0.15) is 0 Å². The number of amides is 1. The molecule has 1 N–H and O–H groups in total. The lowest BCUT2D eigenvalue weighted by Crippen LogP contribution is -2.25. The third kappa shape index (κ3) is 3.05. The third-order valence-corrected chi connectivity index (χ3v) is 4.54. The van der Waals surface area contributed by atoms with Crippen LogP contribution in [0.25, 0.3) is 21.9 Å². The molecule has 0 bridgehead atoms. The summed E-state index contributed by atoms with van der Waals surface area (Å²) in [4.78, 5) is 12.3. The molecule has 0 radical (unpaired) electrons. The van der Waals surface area contributed by atoms with Crippen molar-refractivity contribution in [2.24, 2.45) is 0 Å². The Hall–Kier alpha value is -2.95. The molecule has 5 heteroatoms. The zero-order valence-electron chi connectivity index (χ0n) is 14.2. The van der Waals surface area contributed by atoms with Gasteiger partial charge in [-0.3, -0.25) is 4.79 Å². The van der Waals surface area contributed by atoms with E-state index in [1.807, 2.05) is 37.3 Å². The molecule has 1 saturated carbocycles. The lowest BCUT2D eigenvalue weighted by Gasteiger charge is -2.11. The van der Waals surface area contributed by atoms with Crippen LogP contribution in [-0.4, -0.2) is 29.3 Å². The first-order valence-corrected chi connectivity index (χ1v) is 8.37. The van der Waals surface area contributed by atoms with E-state index in [4.69, 9.17) is 4.74 Å². The highest BCUT2D eigenvalue weighted by Gasteiger charge is 2.24. The number of carbonyl (C=O) groups excluding carboxylic acids is 1. The summed E-state index contributed by atoms with van der Waals surface area (Å²) in [7, 11) is 1.59. The molecule has 0 atom stereocenters. The van der Waals surface area contributed by atoms with Gasteiger partial charge in [-0.05, 0) is 60.7 Å². The van der Waals surface area contributed by atoms with Gasteiger partial charge in [-0.25, -0.2) is 0 Å². The molecule has 0 spiro atoms. The Morgan fingerprint density at radius 2 is 2.04 bits per heavy atom. The minimum atomic E-state index is -0.00271. The van der Waals surface area contributed by atoms with Crippen LogP contribution in [0.4, 0.5) is 0 Å². The summed E-state index contributed by atoms with van der Waals surface area (Å²) in [6, 6.07) is 12.2. The van der Waals surface area contributed by atoms with Gasteiger partial charge in [-0.1, -0.05) is 12.1 Å². The molecule has 5 nitrogen and oxygen atoms in total. The van der Waals surface area contributed by atoms with Gasteiger partial charge >= 0.3 is 0 Å². The molecule has 1 aromatic heterocycles. The van der Waals surface area contributed by atoms with E-state index >= 15 is 0 Å². The number of methoxy groups -OCH3 is 1. The van der Waals surface area contributed by atoms with E-state index in [0.717, 1.165) is 40.3 Å². The van der Waals surface area contributed by atoms with Crippen LogP contribution in [-0.2, 0) is 0 Å². The maximum absolute atomic E-state index is 12.3. The van der Waals surface area contributed by atoms with Crippen LogP contribution in [0.2, 0.25) is 0 Å². The summed E-state index contributed by atoms with van der Waals surface area (Å²) in [6.07, 6.45) is 3.89. The molecule has 1 fully saturated rings. The number of aryl methyl sites for hydroxylation is 1. The van der Waals surface area contributed by atoms with Crippen molar-refractivity contribution in [3.8, 4) is 17.0 Å². The lowest BCUT2D eigenvalue weighted by atomic mass is 9.96. The highest BCUT2D eigenvalue weighted by atomic mass is 16.5. The molecular weight excluding hydrogens is 314 g/mol. The number of fused-ring (bicyclic) bond motifs is 1. The zero-order valence-corrected chi connectivity index (χ0v) is 14.2.